The molecule has 0 aliphatic rings. The molecule has 0 saturated carbocycles. The third kappa shape index (κ3) is 5.19. The van der Waals surface area contributed by atoms with E-state index < -0.39 is 6.16 Å². The highest BCUT2D eigenvalue weighted by Crippen LogP contribution is 2.08. The molecule has 0 spiro atoms. The summed E-state index contributed by atoms with van der Waals surface area (Å²) in [4.78, 5) is 8.56. The van der Waals surface area contributed by atoms with Crippen molar-refractivity contribution in [1.29, 1.82) is 0 Å². The van der Waals surface area contributed by atoms with E-state index in [1.807, 2.05) is 0 Å². The summed E-state index contributed by atoms with van der Waals surface area (Å²) in [7, 11) is 0. The number of rotatable bonds is 2. The van der Waals surface area contributed by atoms with Gasteiger partial charge < -0.3 is 10.2 Å². The summed E-state index contributed by atoms with van der Waals surface area (Å²) in [5, 5.41) is 13.9. The molecule has 1 aromatic carbocycles. The first-order valence-electron chi connectivity index (χ1n) is 4.60. The number of hydrogen-bond donors (Lipinski definition) is 2. The van der Waals surface area contributed by atoms with Gasteiger partial charge in [-0.3, -0.25) is 0 Å². The Labute approximate surface area is 84.0 Å². The Morgan fingerprint density at radius 1 is 1.07 bits per heavy atom. The van der Waals surface area contributed by atoms with Crippen molar-refractivity contribution >= 4 is 6.16 Å². The molecule has 1 aromatic rings. The van der Waals surface area contributed by atoms with Crippen LogP contribution in [0.2, 0.25) is 0 Å². The van der Waals surface area contributed by atoms with Gasteiger partial charge in [-0.1, -0.05) is 38.1 Å². The normalized spacial score (nSPS) is 8.71. The van der Waals surface area contributed by atoms with Crippen LogP contribution in [0.25, 0.3) is 0 Å². The molecule has 0 aromatic heterocycles. The molecule has 0 amide bonds. The maximum absolute atomic E-state index is 8.56. The first-order valence-corrected chi connectivity index (χ1v) is 4.60. The van der Waals surface area contributed by atoms with Gasteiger partial charge in [-0.15, -0.1) is 0 Å². The minimum Gasteiger partial charge on any atom is -0.450 e. The second-order valence-corrected chi connectivity index (χ2v) is 2.76. The monoisotopic (exact) mass is 196 g/mol. The number of carbonyl (C=O) groups is 1. The lowest BCUT2D eigenvalue weighted by Gasteiger charge is -2.02. The van der Waals surface area contributed by atoms with E-state index in [0.29, 0.717) is 0 Å². The second-order valence-electron chi connectivity index (χ2n) is 2.76. The summed E-state index contributed by atoms with van der Waals surface area (Å²) in [5.74, 6) is 0. The van der Waals surface area contributed by atoms with Crippen LogP contribution in [-0.2, 0) is 12.8 Å². The number of carboxylic acid groups (broad SMARTS) is 2. The van der Waals surface area contributed by atoms with Crippen molar-refractivity contribution in [2.24, 2.45) is 0 Å². The molecule has 0 saturated heterocycles. The molecule has 3 nitrogen and oxygen atoms in total. The molecule has 0 heterocycles. The molecule has 0 bridgehead atoms. The molecule has 0 aliphatic carbocycles. The van der Waals surface area contributed by atoms with Gasteiger partial charge >= 0.3 is 6.16 Å². The third-order valence-electron chi connectivity index (χ3n) is 1.88. The smallest absolute Gasteiger partial charge is 0.450 e. The minimum atomic E-state index is -1.83. The summed E-state index contributed by atoms with van der Waals surface area (Å²) in [6, 6.07) is 8.63. The SMILES string of the molecule is CCc1ccccc1CC.O=C(O)O. The zero-order valence-electron chi connectivity index (χ0n) is 8.53. The summed E-state index contributed by atoms with van der Waals surface area (Å²) < 4.78 is 0. The molecule has 0 fully saturated rings. The second kappa shape index (κ2) is 6.95. The molecule has 1 rings (SSSR count). The van der Waals surface area contributed by atoms with Crippen molar-refractivity contribution in [3.05, 3.63) is 35.4 Å². The van der Waals surface area contributed by atoms with Gasteiger partial charge in [-0.2, -0.15) is 0 Å². The summed E-state index contributed by atoms with van der Waals surface area (Å²) >= 11 is 0. The maximum Gasteiger partial charge on any atom is 0.503 e. The number of aryl methyl sites for hydroxylation is 2. The number of benzene rings is 1. The molecule has 0 aliphatic heterocycles. The van der Waals surface area contributed by atoms with Crippen LogP contribution in [0, 0.1) is 0 Å². The van der Waals surface area contributed by atoms with Crippen LogP contribution in [0.3, 0.4) is 0 Å². The zero-order valence-corrected chi connectivity index (χ0v) is 8.53. The Morgan fingerprint density at radius 2 is 1.36 bits per heavy atom. The molecule has 0 radical (unpaired) electrons. The van der Waals surface area contributed by atoms with Crippen molar-refractivity contribution in [3.8, 4) is 0 Å². The lowest BCUT2D eigenvalue weighted by Crippen LogP contribution is -1.88. The van der Waals surface area contributed by atoms with Crippen molar-refractivity contribution in [2.75, 3.05) is 0 Å². The van der Waals surface area contributed by atoms with E-state index in [1.54, 1.807) is 0 Å². The van der Waals surface area contributed by atoms with Gasteiger partial charge in [-0.25, -0.2) is 4.79 Å². The zero-order chi connectivity index (χ0) is 11.0. The van der Waals surface area contributed by atoms with Crippen LogP contribution in [0.4, 0.5) is 4.79 Å². The first kappa shape index (κ1) is 12.5. The van der Waals surface area contributed by atoms with Gasteiger partial charge in [0.2, 0.25) is 0 Å². The standard InChI is InChI=1S/C10H14.CH2O3/c1-3-9-7-5-6-8-10(9)4-2;2-1(3)4/h5-8H,3-4H2,1-2H3;(H2,2,3,4). The summed E-state index contributed by atoms with van der Waals surface area (Å²) in [5.41, 5.74) is 2.98. The maximum atomic E-state index is 8.56. The fraction of sp³-hybridized carbons (Fsp3) is 0.364. The molecule has 78 valence electrons. The van der Waals surface area contributed by atoms with E-state index in [4.69, 9.17) is 15.0 Å². The van der Waals surface area contributed by atoms with E-state index in [2.05, 4.69) is 38.1 Å². The Kier molecular flexibility index (Phi) is 6.20. The van der Waals surface area contributed by atoms with Crippen LogP contribution in [0.15, 0.2) is 24.3 Å². The summed E-state index contributed by atoms with van der Waals surface area (Å²) in [6.45, 7) is 4.41. The van der Waals surface area contributed by atoms with Crippen molar-refractivity contribution in [2.45, 2.75) is 26.7 Å². The lowest BCUT2D eigenvalue weighted by atomic mass is 10.0. The summed E-state index contributed by atoms with van der Waals surface area (Å²) in [6.07, 6.45) is 0.480. The van der Waals surface area contributed by atoms with Gasteiger partial charge in [0.1, 0.15) is 0 Å². The molecule has 14 heavy (non-hydrogen) atoms. The van der Waals surface area contributed by atoms with E-state index in [0.717, 1.165) is 12.8 Å². The number of hydrogen-bond acceptors (Lipinski definition) is 1. The molecule has 0 atom stereocenters. The predicted molar refractivity (Wildman–Crippen MR) is 55.9 cm³/mol. The average molecular weight is 196 g/mol. The van der Waals surface area contributed by atoms with Crippen LogP contribution in [0.5, 0.6) is 0 Å². The Hall–Kier alpha value is -1.51. The predicted octanol–water partition coefficient (Wildman–Crippen LogP) is 3.03. The average Bonchev–Trinajstić information content (AvgIpc) is 2.17. The van der Waals surface area contributed by atoms with E-state index >= 15 is 0 Å². The molecule has 3 heteroatoms. The van der Waals surface area contributed by atoms with Crippen LogP contribution in [-0.4, -0.2) is 16.4 Å². The van der Waals surface area contributed by atoms with Crippen molar-refractivity contribution in [3.63, 3.8) is 0 Å². The van der Waals surface area contributed by atoms with E-state index in [1.165, 1.54) is 11.1 Å². The lowest BCUT2D eigenvalue weighted by molar-refractivity contribution is 0.137. The van der Waals surface area contributed by atoms with Crippen LogP contribution >= 0.6 is 0 Å². The van der Waals surface area contributed by atoms with Gasteiger partial charge in [0.25, 0.3) is 0 Å². The van der Waals surface area contributed by atoms with Gasteiger partial charge in [0.05, 0.1) is 0 Å². The van der Waals surface area contributed by atoms with Crippen LogP contribution < -0.4 is 0 Å². The van der Waals surface area contributed by atoms with Gasteiger partial charge in [0, 0.05) is 0 Å². The van der Waals surface area contributed by atoms with Crippen LogP contribution in [0.1, 0.15) is 25.0 Å². The quantitative estimate of drug-likeness (QED) is 0.764. The van der Waals surface area contributed by atoms with E-state index in [-0.39, 0.29) is 0 Å². The molecule has 2 N–H and O–H groups in total. The minimum absolute atomic E-state index is 1.16. The fourth-order valence-electron chi connectivity index (χ4n) is 1.25. The fourth-order valence-corrected chi connectivity index (χ4v) is 1.25. The topological polar surface area (TPSA) is 57.5 Å². The molecular weight excluding hydrogens is 180 g/mol. The molecular formula is C11H16O3. The van der Waals surface area contributed by atoms with Crippen molar-refractivity contribution in [1.82, 2.24) is 0 Å². The highest BCUT2D eigenvalue weighted by Gasteiger charge is 1.93. The highest BCUT2D eigenvalue weighted by atomic mass is 16.6. The van der Waals surface area contributed by atoms with Gasteiger partial charge in [0.15, 0.2) is 0 Å². The van der Waals surface area contributed by atoms with Crippen molar-refractivity contribution < 1.29 is 15.0 Å². The largest absolute Gasteiger partial charge is 0.503 e. The van der Waals surface area contributed by atoms with E-state index in [9.17, 15) is 0 Å². The Bertz CT molecular complexity index is 255. The highest BCUT2D eigenvalue weighted by molar-refractivity contribution is 5.53. The van der Waals surface area contributed by atoms with Gasteiger partial charge in [-0.05, 0) is 24.0 Å². The first-order chi connectivity index (χ1) is 6.61. The Balaban J connectivity index is 0.000000364. The molecule has 0 unspecified atom stereocenters. The Morgan fingerprint density at radius 3 is 1.57 bits per heavy atom. The third-order valence-corrected chi connectivity index (χ3v) is 1.88.